The first kappa shape index (κ1) is 14.9. The fourth-order valence-electron chi connectivity index (χ4n) is 3.70. The van der Waals surface area contributed by atoms with Crippen molar-refractivity contribution in [2.75, 3.05) is 0 Å². The molecule has 0 amide bonds. The molecule has 0 saturated carbocycles. The van der Waals surface area contributed by atoms with E-state index in [0.29, 0.717) is 11.7 Å². The molecular formula is C17H23O3-. The summed E-state index contributed by atoms with van der Waals surface area (Å²) in [6, 6.07) is 5.51. The summed E-state index contributed by atoms with van der Waals surface area (Å²) in [5.41, 5.74) is 1.64. The number of carboxylic acids is 1. The summed E-state index contributed by atoms with van der Waals surface area (Å²) < 4.78 is 0. The summed E-state index contributed by atoms with van der Waals surface area (Å²) >= 11 is 0. The molecule has 3 heteroatoms. The number of rotatable bonds is 4. The molecule has 1 aromatic rings. The van der Waals surface area contributed by atoms with Gasteiger partial charge in [-0.25, -0.2) is 0 Å². The molecule has 0 aromatic heterocycles. The first-order valence-electron chi connectivity index (χ1n) is 7.38. The minimum Gasteiger partial charge on any atom is -0.550 e. The van der Waals surface area contributed by atoms with Crippen molar-refractivity contribution in [3.63, 3.8) is 0 Å². The van der Waals surface area contributed by atoms with E-state index in [1.54, 1.807) is 19.9 Å². The quantitative estimate of drug-likeness (QED) is 0.917. The van der Waals surface area contributed by atoms with Gasteiger partial charge in [0.2, 0.25) is 0 Å². The van der Waals surface area contributed by atoms with Crippen LogP contribution in [-0.2, 0) is 17.6 Å². The van der Waals surface area contributed by atoms with E-state index < -0.39 is 11.4 Å². The van der Waals surface area contributed by atoms with Crippen molar-refractivity contribution in [1.29, 1.82) is 0 Å². The van der Waals surface area contributed by atoms with Crippen molar-refractivity contribution in [3.05, 3.63) is 29.3 Å². The van der Waals surface area contributed by atoms with Crippen molar-refractivity contribution in [2.24, 2.45) is 17.3 Å². The van der Waals surface area contributed by atoms with Gasteiger partial charge >= 0.3 is 0 Å². The monoisotopic (exact) mass is 275 g/mol. The third-order valence-corrected chi connectivity index (χ3v) is 4.92. The summed E-state index contributed by atoms with van der Waals surface area (Å²) in [4.78, 5) is 11.4. The molecule has 0 aliphatic heterocycles. The highest BCUT2D eigenvalue weighted by atomic mass is 16.4. The Labute approximate surface area is 120 Å². The number of benzene rings is 1. The van der Waals surface area contributed by atoms with Gasteiger partial charge in [-0.05, 0) is 54.4 Å². The van der Waals surface area contributed by atoms with Crippen LogP contribution in [0.5, 0.6) is 5.75 Å². The summed E-state index contributed by atoms with van der Waals surface area (Å²) in [5, 5.41) is 20.9. The number of aliphatic carboxylic acids is 1. The van der Waals surface area contributed by atoms with E-state index in [2.05, 4.69) is 6.92 Å². The number of phenols is 1. The molecule has 0 bridgehead atoms. The summed E-state index contributed by atoms with van der Waals surface area (Å²) in [7, 11) is 0. The molecule has 2 rings (SSSR count). The molecule has 1 aliphatic carbocycles. The van der Waals surface area contributed by atoms with Gasteiger partial charge in [-0.1, -0.05) is 33.3 Å². The van der Waals surface area contributed by atoms with E-state index >= 15 is 0 Å². The lowest BCUT2D eigenvalue weighted by Gasteiger charge is -2.42. The molecule has 0 unspecified atom stereocenters. The Kier molecular flexibility index (Phi) is 4.07. The minimum atomic E-state index is -0.958. The van der Waals surface area contributed by atoms with Crippen LogP contribution in [0.1, 0.15) is 44.7 Å². The molecular weight excluding hydrogens is 252 g/mol. The SMILES string of the molecule is CC[C@H]([C@@H]1CCc2cc(O)ccc2C1)C(C)(C)C(=O)[O-]. The van der Waals surface area contributed by atoms with E-state index in [4.69, 9.17) is 0 Å². The molecule has 1 aromatic carbocycles. The molecule has 110 valence electrons. The number of aryl methyl sites for hydroxylation is 1. The molecule has 0 heterocycles. The molecule has 2 atom stereocenters. The number of aromatic hydroxyl groups is 1. The van der Waals surface area contributed by atoms with Gasteiger partial charge in [0.1, 0.15) is 5.75 Å². The second-order valence-corrected chi connectivity index (χ2v) is 6.48. The maximum atomic E-state index is 11.4. The van der Waals surface area contributed by atoms with Crippen molar-refractivity contribution in [3.8, 4) is 5.75 Å². The lowest BCUT2D eigenvalue weighted by atomic mass is 9.65. The molecule has 3 nitrogen and oxygen atoms in total. The topological polar surface area (TPSA) is 60.4 Å². The van der Waals surface area contributed by atoms with E-state index in [0.717, 1.165) is 25.7 Å². The fourth-order valence-corrected chi connectivity index (χ4v) is 3.70. The summed E-state index contributed by atoms with van der Waals surface area (Å²) in [6.45, 7) is 5.62. The first-order valence-corrected chi connectivity index (χ1v) is 7.38. The van der Waals surface area contributed by atoms with E-state index in [-0.39, 0.29) is 5.92 Å². The van der Waals surface area contributed by atoms with Gasteiger partial charge in [-0.3, -0.25) is 0 Å². The van der Waals surface area contributed by atoms with Crippen LogP contribution < -0.4 is 5.11 Å². The number of fused-ring (bicyclic) bond motifs is 1. The standard InChI is InChI=1S/C17H24O3/c1-4-15(17(2,3)16(19)20)13-6-5-12-10-14(18)8-7-11(12)9-13/h7-8,10,13,15,18H,4-6,9H2,1-3H3,(H,19,20)/p-1/t13-,15-/m1/s1. The van der Waals surface area contributed by atoms with Gasteiger partial charge in [0.25, 0.3) is 0 Å². The number of carboxylic acid groups (broad SMARTS) is 1. The summed E-state index contributed by atoms with van der Waals surface area (Å²) in [5.74, 6) is -0.162. The largest absolute Gasteiger partial charge is 0.550 e. The van der Waals surface area contributed by atoms with Crippen molar-refractivity contribution in [1.82, 2.24) is 0 Å². The fraction of sp³-hybridized carbons (Fsp3) is 0.588. The summed E-state index contributed by atoms with van der Waals surface area (Å²) in [6.07, 6.45) is 3.63. The Morgan fingerprint density at radius 3 is 2.75 bits per heavy atom. The van der Waals surface area contributed by atoms with Crippen LogP contribution in [0, 0.1) is 17.3 Å². The molecule has 0 fully saturated rings. The van der Waals surface area contributed by atoms with Crippen LogP contribution >= 0.6 is 0 Å². The molecule has 0 saturated heterocycles. The number of hydrogen-bond acceptors (Lipinski definition) is 3. The van der Waals surface area contributed by atoms with Gasteiger partial charge in [0.15, 0.2) is 0 Å². The zero-order valence-corrected chi connectivity index (χ0v) is 12.5. The van der Waals surface area contributed by atoms with E-state index in [9.17, 15) is 15.0 Å². The maximum Gasteiger partial charge on any atom is 0.115 e. The lowest BCUT2D eigenvalue weighted by molar-refractivity contribution is -0.321. The highest BCUT2D eigenvalue weighted by molar-refractivity contribution is 5.71. The van der Waals surface area contributed by atoms with Gasteiger partial charge in [-0.15, -0.1) is 0 Å². The van der Waals surface area contributed by atoms with Gasteiger partial charge in [0, 0.05) is 11.4 Å². The Morgan fingerprint density at radius 2 is 2.15 bits per heavy atom. The Morgan fingerprint density at radius 1 is 1.45 bits per heavy atom. The zero-order chi connectivity index (χ0) is 14.9. The number of carbonyl (C=O) groups excluding carboxylic acids is 1. The van der Waals surface area contributed by atoms with Crippen molar-refractivity contribution in [2.45, 2.75) is 46.5 Å². The smallest absolute Gasteiger partial charge is 0.115 e. The Hall–Kier alpha value is -1.51. The van der Waals surface area contributed by atoms with E-state index in [1.807, 2.05) is 12.1 Å². The Bertz CT molecular complexity index is 505. The molecule has 0 radical (unpaired) electrons. The minimum absolute atomic E-state index is 0.120. The number of hydrogen-bond donors (Lipinski definition) is 1. The lowest BCUT2D eigenvalue weighted by Crippen LogP contribution is -2.46. The first-order chi connectivity index (χ1) is 9.36. The highest BCUT2D eigenvalue weighted by Gasteiger charge is 2.36. The predicted octanol–water partition coefficient (Wildman–Crippen LogP) is 2.30. The molecule has 0 spiro atoms. The van der Waals surface area contributed by atoms with Crippen LogP contribution in [0.3, 0.4) is 0 Å². The van der Waals surface area contributed by atoms with Gasteiger partial charge in [0.05, 0.1) is 0 Å². The third-order valence-electron chi connectivity index (χ3n) is 4.92. The third kappa shape index (κ3) is 2.67. The normalized spacial score (nSPS) is 20.2. The molecule has 1 N–H and O–H groups in total. The highest BCUT2D eigenvalue weighted by Crippen LogP contribution is 2.41. The van der Waals surface area contributed by atoms with Crippen LogP contribution in [-0.4, -0.2) is 11.1 Å². The second-order valence-electron chi connectivity index (χ2n) is 6.48. The van der Waals surface area contributed by atoms with Crippen LogP contribution in [0.25, 0.3) is 0 Å². The number of phenolic OH excluding ortho intramolecular Hbond substituents is 1. The van der Waals surface area contributed by atoms with E-state index in [1.165, 1.54) is 11.1 Å². The number of carbonyl (C=O) groups is 1. The van der Waals surface area contributed by atoms with Crippen LogP contribution in [0.4, 0.5) is 0 Å². The van der Waals surface area contributed by atoms with Gasteiger partial charge in [-0.2, -0.15) is 0 Å². The van der Waals surface area contributed by atoms with Crippen LogP contribution in [0.2, 0.25) is 0 Å². The van der Waals surface area contributed by atoms with Crippen LogP contribution in [0.15, 0.2) is 18.2 Å². The zero-order valence-electron chi connectivity index (χ0n) is 12.5. The van der Waals surface area contributed by atoms with Gasteiger partial charge < -0.3 is 15.0 Å². The Balaban J connectivity index is 2.23. The predicted molar refractivity (Wildman–Crippen MR) is 76.2 cm³/mol. The van der Waals surface area contributed by atoms with Crippen molar-refractivity contribution >= 4 is 5.97 Å². The molecule has 20 heavy (non-hydrogen) atoms. The average molecular weight is 275 g/mol. The molecule has 1 aliphatic rings. The second kappa shape index (κ2) is 5.47. The maximum absolute atomic E-state index is 11.4. The average Bonchev–Trinajstić information content (AvgIpc) is 2.39. The van der Waals surface area contributed by atoms with Crippen molar-refractivity contribution < 1.29 is 15.0 Å².